The molecule has 3 rings (SSSR count). The van der Waals surface area contributed by atoms with Crippen LogP contribution in [0.25, 0.3) is 0 Å². The molecule has 2 heterocycles. The van der Waals surface area contributed by atoms with E-state index in [1.54, 1.807) is 29.2 Å². The Labute approximate surface area is 192 Å². The van der Waals surface area contributed by atoms with Gasteiger partial charge in [-0.2, -0.15) is 0 Å². The molecule has 0 spiro atoms. The molecule has 0 radical (unpaired) electrons. The van der Waals surface area contributed by atoms with Gasteiger partial charge in [0.1, 0.15) is 30.0 Å². The second-order valence-corrected chi connectivity index (χ2v) is 8.15. The molecule has 8 nitrogen and oxygen atoms in total. The minimum absolute atomic E-state index is 0.100. The lowest BCUT2D eigenvalue weighted by molar-refractivity contribution is -0.142. The van der Waals surface area contributed by atoms with E-state index in [2.05, 4.69) is 10.2 Å². The van der Waals surface area contributed by atoms with Crippen LogP contribution < -0.4 is 5.32 Å². The topological polar surface area (TPSA) is 92.1 Å². The number of carbonyl (C=O) groups is 3. The van der Waals surface area contributed by atoms with Gasteiger partial charge in [-0.3, -0.25) is 19.3 Å². The van der Waals surface area contributed by atoms with Gasteiger partial charge in [-0.1, -0.05) is 18.2 Å². The zero-order chi connectivity index (χ0) is 23.8. The first kappa shape index (κ1) is 24.4. The van der Waals surface area contributed by atoms with Gasteiger partial charge in [-0.05, 0) is 30.2 Å². The molecule has 0 bridgehead atoms. The molecule has 2 aromatic rings. The van der Waals surface area contributed by atoms with Crippen molar-refractivity contribution in [1.29, 1.82) is 0 Å². The minimum Gasteiger partial charge on any atom is -0.461 e. The first-order chi connectivity index (χ1) is 15.8. The van der Waals surface area contributed by atoms with E-state index in [0.717, 1.165) is 18.7 Å². The van der Waals surface area contributed by atoms with Crippen LogP contribution >= 0.6 is 0 Å². The zero-order valence-electron chi connectivity index (χ0n) is 19.0. The summed E-state index contributed by atoms with van der Waals surface area (Å²) < 4.78 is 24.8. The lowest BCUT2D eigenvalue weighted by atomic mass is 10.0. The molecular formula is C24H30FN3O5. The molecule has 33 heavy (non-hydrogen) atoms. The van der Waals surface area contributed by atoms with Crippen molar-refractivity contribution in [2.75, 3.05) is 26.2 Å². The summed E-state index contributed by atoms with van der Waals surface area (Å²) in [7, 11) is 0. The maximum atomic E-state index is 14.1. The normalized spacial score (nSPS) is 15.5. The lowest BCUT2D eigenvalue weighted by Gasteiger charge is -2.27. The van der Waals surface area contributed by atoms with E-state index in [1.165, 1.54) is 19.9 Å². The molecule has 1 saturated heterocycles. The van der Waals surface area contributed by atoms with Crippen LogP contribution in [-0.4, -0.2) is 59.8 Å². The summed E-state index contributed by atoms with van der Waals surface area (Å²) in [5.74, 6) is 0.0400. The largest absolute Gasteiger partial charge is 0.461 e. The van der Waals surface area contributed by atoms with Crippen molar-refractivity contribution in [1.82, 2.24) is 15.1 Å². The number of hydrogen-bond acceptors (Lipinski definition) is 6. The number of nitrogens with zero attached hydrogens (tertiary/aromatic N) is 2. The third kappa shape index (κ3) is 7.42. The number of benzene rings is 1. The van der Waals surface area contributed by atoms with E-state index < -0.39 is 11.9 Å². The van der Waals surface area contributed by atoms with Crippen LogP contribution in [-0.2, 0) is 38.7 Å². The van der Waals surface area contributed by atoms with E-state index in [1.807, 2.05) is 6.07 Å². The summed E-state index contributed by atoms with van der Waals surface area (Å²) in [5, 5.41) is 2.69. The summed E-state index contributed by atoms with van der Waals surface area (Å²) in [4.78, 5) is 39.8. The third-order valence-corrected chi connectivity index (χ3v) is 5.47. The van der Waals surface area contributed by atoms with Crippen LogP contribution in [0.4, 0.5) is 4.39 Å². The molecule has 1 aliphatic rings. The van der Waals surface area contributed by atoms with E-state index in [0.29, 0.717) is 37.5 Å². The Morgan fingerprint density at radius 1 is 1.06 bits per heavy atom. The van der Waals surface area contributed by atoms with Crippen LogP contribution in [0, 0.1) is 5.82 Å². The van der Waals surface area contributed by atoms with Gasteiger partial charge in [-0.25, -0.2) is 4.39 Å². The minimum atomic E-state index is -0.820. The predicted octanol–water partition coefficient (Wildman–Crippen LogP) is 2.26. The Morgan fingerprint density at radius 2 is 1.82 bits per heavy atom. The van der Waals surface area contributed by atoms with Gasteiger partial charge in [0.2, 0.25) is 11.8 Å². The number of furan rings is 1. The van der Waals surface area contributed by atoms with Crippen molar-refractivity contribution in [3.63, 3.8) is 0 Å². The fourth-order valence-corrected chi connectivity index (χ4v) is 3.88. The van der Waals surface area contributed by atoms with Crippen LogP contribution in [0.5, 0.6) is 0 Å². The Morgan fingerprint density at radius 3 is 2.55 bits per heavy atom. The lowest BCUT2D eigenvalue weighted by Crippen LogP contribution is -2.50. The quantitative estimate of drug-likeness (QED) is 0.609. The van der Waals surface area contributed by atoms with E-state index in [9.17, 15) is 18.8 Å². The molecule has 0 saturated carbocycles. The highest BCUT2D eigenvalue weighted by Gasteiger charge is 2.28. The second-order valence-electron chi connectivity index (χ2n) is 8.15. The van der Waals surface area contributed by atoms with Crippen molar-refractivity contribution < 1.29 is 27.9 Å². The van der Waals surface area contributed by atoms with Crippen molar-refractivity contribution in [2.24, 2.45) is 0 Å². The number of nitrogens with one attached hydrogen (secondary N) is 1. The third-order valence-electron chi connectivity index (χ3n) is 5.47. The first-order valence-electron chi connectivity index (χ1n) is 11.0. The van der Waals surface area contributed by atoms with Crippen LogP contribution in [0.2, 0.25) is 0 Å². The molecule has 1 unspecified atom stereocenters. The number of hydrogen-bond donors (Lipinski definition) is 1. The number of carbonyl (C=O) groups excluding carboxylic acids is 3. The summed E-state index contributed by atoms with van der Waals surface area (Å²) in [6.45, 7) is 5.84. The van der Waals surface area contributed by atoms with E-state index in [4.69, 9.17) is 9.15 Å². The smallest absolute Gasteiger partial charge is 0.303 e. The molecule has 1 aromatic heterocycles. The Kier molecular flexibility index (Phi) is 8.59. The van der Waals surface area contributed by atoms with Gasteiger partial charge >= 0.3 is 5.97 Å². The predicted molar refractivity (Wildman–Crippen MR) is 118 cm³/mol. The Balaban J connectivity index is 1.58. The number of amides is 2. The van der Waals surface area contributed by atoms with Crippen LogP contribution in [0.3, 0.4) is 0 Å². The van der Waals surface area contributed by atoms with Gasteiger partial charge < -0.3 is 19.4 Å². The van der Waals surface area contributed by atoms with Crippen LogP contribution in [0.1, 0.15) is 37.4 Å². The highest BCUT2D eigenvalue weighted by molar-refractivity contribution is 5.87. The maximum Gasteiger partial charge on any atom is 0.303 e. The van der Waals surface area contributed by atoms with Gasteiger partial charge in [-0.15, -0.1) is 0 Å². The van der Waals surface area contributed by atoms with Gasteiger partial charge in [0, 0.05) is 46.4 Å². The Hall–Kier alpha value is -3.20. The van der Waals surface area contributed by atoms with Crippen molar-refractivity contribution in [3.8, 4) is 0 Å². The van der Waals surface area contributed by atoms with Gasteiger partial charge in [0.15, 0.2) is 0 Å². The van der Waals surface area contributed by atoms with E-state index >= 15 is 0 Å². The summed E-state index contributed by atoms with van der Waals surface area (Å²) in [6, 6.07) is 9.10. The van der Waals surface area contributed by atoms with E-state index in [-0.39, 0.29) is 30.8 Å². The fourth-order valence-electron chi connectivity index (χ4n) is 3.88. The van der Waals surface area contributed by atoms with Gasteiger partial charge in [0.05, 0.1) is 6.54 Å². The standard InChI is InChI=1S/C24H30FN3O5/c1-17(29)26-23(14-19-6-3-4-7-22(19)25)24(31)28-11-5-10-27(12-13-28)15-20-8-9-21(33-20)16-32-18(2)30/h3-4,6-9,23H,5,10-16H2,1-2H3,(H,26,29). The molecule has 1 atom stereocenters. The highest BCUT2D eigenvalue weighted by Crippen LogP contribution is 2.15. The maximum absolute atomic E-state index is 14.1. The molecule has 1 N–H and O–H groups in total. The van der Waals surface area contributed by atoms with Crippen LogP contribution in [0.15, 0.2) is 40.8 Å². The summed E-state index contributed by atoms with van der Waals surface area (Å²) in [6.07, 6.45) is 0.863. The molecule has 1 aliphatic heterocycles. The molecule has 0 aliphatic carbocycles. The number of rotatable bonds is 8. The molecule has 1 fully saturated rings. The number of esters is 1. The number of ether oxygens (including phenoxy) is 1. The second kappa shape index (κ2) is 11.6. The average molecular weight is 460 g/mol. The zero-order valence-corrected chi connectivity index (χ0v) is 19.0. The van der Waals surface area contributed by atoms with Crippen molar-refractivity contribution >= 4 is 17.8 Å². The first-order valence-corrected chi connectivity index (χ1v) is 11.0. The summed E-state index contributed by atoms with van der Waals surface area (Å²) in [5.41, 5.74) is 0.392. The van der Waals surface area contributed by atoms with Crippen molar-refractivity contribution in [2.45, 2.75) is 45.9 Å². The SMILES string of the molecule is CC(=O)NC(Cc1ccccc1F)C(=O)N1CCCN(Cc2ccc(COC(C)=O)o2)CC1. The number of halogens is 1. The fraction of sp³-hybridized carbons (Fsp3) is 0.458. The molecule has 1 aromatic carbocycles. The highest BCUT2D eigenvalue weighted by atomic mass is 19.1. The van der Waals surface area contributed by atoms with Gasteiger partial charge in [0.25, 0.3) is 0 Å². The molecule has 2 amide bonds. The Bertz CT molecular complexity index is 977. The average Bonchev–Trinajstić information content (AvgIpc) is 3.08. The molecule has 178 valence electrons. The molecule has 9 heteroatoms. The summed E-state index contributed by atoms with van der Waals surface area (Å²) >= 11 is 0. The molecular weight excluding hydrogens is 429 g/mol. The van der Waals surface area contributed by atoms with Crippen molar-refractivity contribution in [3.05, 3.63) is 59.3 Å². The monoisotopic (exact) mass is 459 g/mol.